The van der Waals surface area contributed by atoms with Gasteiger partial charge in [0, 0.05) is 18.8 Å². The van der Waals surface area contributed by atoms with E-state index in [0.717, 1.165) is 12.2 Å². The number of rotatable bonds is 4. The zero-order valence-corrected chi connectivity index (χ0v) is 10.4. The molecule has 0 fully saturated rings. The molecular formula is C13H19N3. The lowest BCUT2D eigenvalue weighted by Gasteiger charge is -2.31. The van der Waals surface area contributed by atoms with Crippen molar-refractivity contribution < 1.29 is 0 Å². The van der Waals surface area contributed by atoms with Crippen molar-refractivity contribution in [3.05, 3.63) is 24.0 Å². The van der Waals surface area contributed by atoms with Crippen LogP contribution in [0.5, 0.6) is 0 Å². The summed E-state index contributed by atoms with van der Waals surface area (Å²) in [5.41, 5.74) is 1.64. The number of hydrogen-bond acceptors (Lipinski definition) is 3. The van der Waals surface area contributed by atoms with E-state index in [1.54, 1.807) is 18.5 Å². The van der Waals surface area contributed by atoms with Crippen LogP contribution in [0.2, 0.25) is 0 Å². The van der Waals surface area contributed by atoms with Gasteiger partial charge >= 0.3 is 0 Å². The third-order valence-corrected chi connectivity index (χ3v) is 2.42. The molecule has 0 aliphatic heterocycles. The SMILES string of the molecule is CC(C)CN(c1cnccc1C#N)C(C)C. The normalized spacial score (nSPS) is 10.6. The molecule has 0 N–H and O–H groups in total. The molecule has 0 aromatic carbocycles. The summed E-state index contributed by atoms with van der Waals surface area (Å²) in [4.78, 5) is 6.34. The minimum Gasteiger partial charge on any atom is -0.367 e. The Labute approximate surface area is 97.7 Å². The highest BCUT2D eigenvalue weighted by Crippen LogP contribution is 2.21. The fourth-order valence-electron chi connectivity index (χ4n) is 1.69. The first kappa shape index (κ1) is 12.5. The monoisotopic (exact) mass is 217 g/mol. The van der Waals surface area contributed by atoms with Gasteiger partial charge in [-0.1, -0.05) is 13.8 Å². The summed E-state index contributed by atoms with van der Waals surface area (Å²) in [6.07, 6.45) is 3.44. The van der Waals surface area contributed by atoms with Crippen molar-refractivity contribution >= 4 is 5.69 Å². The number of aromatic nitrogens is 1. The van der Waals surface area contributed by atoms with E-state index in [4.69, 9.17) is 5.26 Å². The van der Waals surface area contributed by atoms with Gasteiger partial charge < -0.3 is 4.90 Å². The van der Waals surface area contributed by atoms with E-state index in [-0.39, 0.29) is 0 Å². The van der Waals surface area contributed by atoms with Gasteiger partial charge in [-0.05, 0) is 25.8 Å². The Bertz CT molecular complexity index is 377. The summed E-state index contributed by atoms with van der Waals surface area (Å²) in [5, 5.41) is 9.08. The van der Waals surface area contributed by atoms with Crippen LogP contribution in [-0.2, 0) is 0 Å². The zero-order chi connectivity index (χ0) is 12.1. The molecule has 1 aromatic heterocycles. The van der Waals surface area contributed by atoms with Crippen molar-refractivity contribution in [2.75, 3.05) is 11.4 Å². The number of pyridine rings is 1. The van der Waals surface area contributed by atoms with Gasteiger partial charge in [0.15, 0.2) is 0 Å². The van der Waals surface area contributed by atoms with E-state index in [2.05, 4.69) is 43.6 Å². The van der Waals surface area contributed by atoms with Gasteiger partial charge in [-0.25, -0.2) is 0 Å². The molecule has 1 rings (SSSR count). The van der Waals surface area contributed by atoms with E-state index in [1.807, 2.05) is 0 Å². The molecule has 0 aliphatic carbocycles. The molecule has 0 unspecified atom stereocenters. The summed E-state index contributed by atoms with van der Waals surface area (Å²) in [7, 11) is 0. The molecule has 86 valence electrons. The van der Waals surface area contributed by atoms with Crippen molar-refractivity contribution in [3.63, 3.8) is 0 Å². The summed E-state index contributed by atoms with van der Waals surface area (Å²) in [6.45, 7) is 9.57. The van der Waals surface area contributed by atoms with E-state index in [0.29, 0.717) is 17.5 Å². The summed E-state index contributed by atoms with van der Waals surface area (Å²) < 4.78 is 0. The number of anilines is 1. The van der Waals surface area contributed by atoms with Crippen LogP contribution in [0.15, 0.2) is 18.5 Å². The van der Waals surface area contributed by atoms with Crippen molar-refractivity contribution in [1.82, 2.24) is 4.98 Å². The standard InChI is InChI=1S/C13H19N3/c1-10(2)9-16(11(3)4)13-8-15-6-5-12(13)7-14/h5-6,8,10-11H,9H2,1-4H3. The van der Waals surface area contributed by atoms with Crippen LogP contribution in [0.3, 0.4) is 0 Å². The molecule has 0 atom stereocenters. The second-order valence-corrected chi connectivity index (χ2v) is 4.64. The highest BCUT2D eigenvalue weighted by Gasteiger charge is 2.15. The maximum Gasteiger partial charge on any atom is 0.101 e. The fourth-order valence-corrected chi connectivity index (χ4v) is 1.69. The summed E-state index contributed by atoms with van der Waals surface area (Å²) in [6, 6.07) is 4.37. The first-order valence-electron chi connectivity index (χ1n) is 5.67. The van der Waals surface area contributed by atoms with E-state index in [9.17, 15) is 0 Å². The molecule has 16 heavy (non-hydrogen) atoms. The highest BCUT2D eigenvalue weighted by molar-refractivity contribution is 5.58. The third-order valence-electron chi connectivity index (χ3n) is 2.42. The molecule has 3 nitrogen and oxygen atoms in total. The van der Waals surface area contributed by atoms with E-state index < -0.39 is 0 Å². The molecular weight excluding hydrogens is 198 g/mol. The quantitative estimate of drug-likeness (QED) is 0.778. The van der Waals surface area contributed by atoms with Crippen LogP contribution >= 0.6 is 0 Å². The maximum atomic E-state index is 9.08. The predicted octanol–water partition coefficient (Wildman–Crippen LogP) is 2.82. The lowest BCUT2D eigenvalue weighted by Crippen LogP contribution is -2.34. The van der Waals surface area contributed by atoms with Crippen molar-refractivity contribution in [2.24, 2.45) is 5.92 Å². The van der Waals surface area contributed by atoms with Crippen LogP contribution < -0.4 is 4.90 Å². The Morgan fingerprint density at radius 2 is 2.06 bits per heavy atom. The number of nitriles is 1. The molecule has 0 saturated heterocycles. The van der Waals surface area contributed by atoms with Crippen molar-refractivity contribution in [2.45, 2.75) is 33.7 Å². The molecule has 1 heterocycles. The molecule has 0 spiro atoms. The topological polar surface area (TPSA) is 39.9 Å². The molecule has 0 radical (unpaired) electrons. The molecule has 0 aliphatic rings. The molecule has 1 aromatic rings. The van der Waals surface area contributed by atoms with Gasteiger partial charge in [0.05, 0.1) is 17.4 Å². The summed E-state index contributed by atoms with van der Waals surface area (Å²) in [5.74, 6) is 0.564. The van der Waals surface area contributed by atoms with Gasteiger partial charge in [0.2, 0.25) is 0 Å². The largest absolute Gasteiger partial charge is 0.367 e. The van der Waals surface area contributed by atoms with Crippen LogP contribution in [0.25, 0.3) is 0 Å². The second kappa shape index (κ2) is 5.50. The second-order valence-electron chi connectivity index (χ2n) is 4.64. The van der Waals surface area contributed by atoms with Gasteiger partial charge in [-0.2, -0.15) is 5.26 Å². The van der Waals surface area contributed by atoms with Crippen molar-refractivity contribution in [3.8, 4) is 6.07 Å². The van der Waals surface area contributed by atoms with E-state index >= 15 is 0 Å². The lowest BCUT2D eigenvalue weighted by molar-refractivity contribution is 0.570. The highest BCUT2D eigenvalue weighted by atomic mass is 15.2. The fraction of sp³-hybridized carbons (Fsp3) is 0.538. The average molecular weight is 217 g/mol. The van der Waals surface area contributed by atoms with Crippen LogP contribution in [0.4, 0.5) is 5.69 Å². The Kier molecular flexibility index (Phi) is 4.30. The smallest absolute Gasteiger partial charge is 0.101 e. The Morgan fingerprint density at radius 3 is 2.56 bits per heavy atom. The van der Waals surface area contributed by atoms with Gasteiger partial charge in [0.25, 0.3) is 0 Å². The van der Waals surface area contributed by atoms with Crippen LogP contribution in [-0.4, -0.2) is 17.6 Å². The lowest BCUT2D eigenvalue weighted by atomic mass is 10.1. The van der Waals surface area contributed by atoms with Gasteiger partial charge in [-0.15, -0.1) is 0 Å². The third kappa shape index (κ3) is 2.96. The van der Waals surface area contributed by atoms with Crippen LogP contribution in [0.1, 0.15) is 33.3 Å². The molecule has 3 heteroatoms. The Morgan fingerprint density at radius 1 is 1.38 bits per heavy atom. The minimum atomic E-state index is 0.374. The molecule has 0 amide bonds. The Hall–Kier alpha value is -1.56. The van der Waals surface area contributed by atoms with Crippen molar-refractivity contribution in [1.29, 1.82) is 5.26 Å². The first-order chi connectivity index (χ1) is 7.56. The molecule has 0 saturated carbocycles. The molecule has 0 bridgehead atoms. The van der Waals surface area contributed by atoms with E-state index in [1.165, 1.54) is 0 Å². The first-order valence-corrected chi connectivity index (χ1v) is 5.67. The van der Waals surface area contributed by atoms with Gasteiger partial charge in [0.1, 0.15) is 6.07 Å². The zero-order valence-electron chi connectivity index (χ0n) is 10.4. The average Bonchev–Trinajstić information content (AvgIpc) is 2.25. The maximum absolute atomic E-state index is 9.08. The predicted molar refractivity (Wildman–Crippen MR) is 66.3 cm³/mol. The minimum absolute atomic E-state index is 0.374. The van der Waals surface area contributed by atoms with Gasteiger partial charge in [-0.3, -0.25) is 4.98 Å². The summed E-state index contributed by atoms with van der Waals surface area (Å²) >= 11 is 0. The van der Waals surface area contributed by atoms with Crippen LogP contribution in [0, 0.1) is 17.2 Å². The number of nitrogens with zero attached hydrogens (tertiary/aromatic N) is 3. The number of hydrogen-bond donors (Lipinski definition) is 0. The Balaban J connectivity index is 3.06.